The van der Waals surface area contributed by atoms with Crippen molar-refractivity contribution in [1.29, 1.82) is 0 Å². The van der Waals surface area contributed by atoms with Crippen molar-refractivity contribution in [3.8, 4) is 5.75 Å². The molecule has 1 unspecified atom stereocenters. The van der Waals surface area contributed by atoms with Crippen molar-refractivity contribution in [2.45, 2.75) is 12.6 Å². The fourth-order valence-electron chi connectivity index (χ4n) is 2.06. The number of morpholine rings is 1. The van der Waals surface area contributed by atoms with Crippen LogP contribution in [0.2, 0.25) is 0 Å². The predicted molar refractivity (Wildman–Crippen MR) is 79.5 cm³/mol. The van der Waals surface area contributed by atoms with E-state index in [1.807, 2.05) is 12.1 Å². The van der Waals surface area contributed by atoms with Crippen molar-refractivity contribution in [1.82, 2.24) is 4.90 Å². The quantitative estimate of drug-likeness (QED) is 0.751. The zero-order valence-corrected chi connectivity index (χ0v) is 13.5. The summed E-state index contributed by atoms with van der Waals surface area (Å²) in [5, 5.41) is 0.939. The minimum absolute atomic E-state index is 0.442. The largest absolute Gasteiger partial charge is 0.497 e. The fraction of sp³-hybridized carbons (Fsp3) is 0.538. The molecule has 0 amide bonds. The van der Waals surface area contributed by atoms with Crippen LogP contribution in [0.5, 0.6) is 5.75 Å². The van der Waals surface area contributed by atoms with Crippen molar-refractivity contribution in [2.24, 2.45) is 0 Å². The number of rotatable bonds is 4. The van der Waals surface area contributed by atoms with Gasteiger partial charge in [0.15, 0.2) is 0 Å². The normalized spacial score (nSPS) is 20.9. The summed E-state index contributed by atoms with van der Waals surface area (Å²) in [4.78, 5) is 2.44. The molecule has 5 heteroatoms. The topological polar surface area (TPSA) is 21.7 Å². The van der Waals surface area contributed by atoms with Gasteiger partial charge in [0, 0.05) is 28.9 Å². The van der Waals surface area contributed by atoms with Gasteiger partial charge >= 0.3 is 0 Å². The average Bonchev–Trinajstić information content (AvgIpc) is 2.42. The minimum Gasteiger partial charge on any atom is -0.497 e. The van der Waals surface area contributed by atoms with Crippen molar-refractivity contribution in [2.75, 3.05) is 32.2 Å². The minimum atomic E-state index is 0.442. The van der Waals surface area contributed by atoms with Gasteiger partial charge in [-0.05, 0) is 23.8 Å². The monoisotopic (exact) mass is 377 g/mol. The highest BCUT2D eigenvalue weighted by Gasteiger charge is 2.22. The van der Waals surface area contributed by atoms with E-state index in [-0.39, 0.29) is 0 Å². The van der Waals surface area contributed by atoms with Crippen molar-refractivity contribution < 1.29 is 9.47 Å². The molecule has 0 spiro atoms. The Morgan fingerprint density at radius 1 is 1.50 bits per heavy atom. The first kappa shape index (κ1) is 14.3. The summed E-state index contributed by atoms with van der Waals surface area (Å²) in [6.45, 7) is 3.50. The molecule has 0 saturated carbocycles. The first-order chi connectivity index (χ1) is 8.74. The zero-order chi connectivity index (χ0) is 13.0. The number of ether oxygens (including phenoxy) is 2. The molecular formula is C13H17Br2NO2. The molecule has 1 atom stereocenters. The highest BCUT2D eigenvalue weighted by atomic mass is 79.9. The number of benzene rings is 1. The molecule has 0 aromatic heterocycles. The van der Waals surface area contributed by atoms with E-state index >= 15 is 0 Å². The maximum absolute atomic E-state index is 5.51. The lowest BCUT2D eigenvalue weighted by Crippen LogP contribution is -2.45. The van der Waals surface area contributed by atoms with E-state index in [0.29, 0.717) is 6.04 Å². The first-order valence-electron chi connectivity index (χ1n) is 5.94. The first-order valence-corrected chi connectivity index (χ1v) is 7.86. The van der Waals surface area contributed by atoms with Gasteiger partial charge in [0.05, 0.1) is 20.3 Å². The van der Waals surface area contributed by atoms with E-state index in [9.17, 15) is 0 Å². The van der Waals surface area contributed by atoms with Crippen LogP contribution in [-0.2, 0) is 11.3 Å². The molecule has 1 aromatic carbocycles. The molecule has 1 fully saturated rings. The van der Waals surface area contributed by atoms with E-state index in [0.717, 1.165) is 41.9 Å². The molecule has 1 aliphatic heterocycles. The molecule has 0 radical (unpaired) electrons. The summed E-state index contributed by atoms with van der Waals surface area (Å²) in [7, 11) is 1.70. The van der Waals surface area contributed by atoms with Crippen LogP contribution in [0.1, 0.15) is 5.56 Å². The van der Waals surface area contributed by atoms with Crippen LogP contribution in [0.3, 0.4) is 0 Å². The van der Waals surface area contributed by atoms with Crippen LogP contribution < -0.4 is 4.74 Å². The number of alkyl halides is 1. The van der Waals surface area contributed by atoms with Gasteiger partial charge in [0.1, 0.15) is 5.75 Å². The Labute approximate surface area is 125 Å². The number of hydrogen-bond acceptors (Lipinski definition) is 3. The third-order valence-corrected chi connectivity index (χ3v) is 4.67. The molecule has 1 saturated heterocycles. The van der Waals surface area contributed by atoms with E-state index < -0.39 is 0 Å². The molecule has 1 aromatic rings. The molecule has 1 heterocycles. The van der Waals surface area contributed by atoms with E-state index in [1.165, 1.54) is 5.56 Å². The Morgan fingerprint density at radius 3 is 3.06 bits per heavy atom. The second kappa shape index (κ2) is 6.89. The predicted octanol–water partition coefficient (Wildman–Crippen LogP) is 3.05. The van der Waals surface area contributed by atoms with E-state index in [4.69, 9.17) is 9.47 Å². The molecule has 2 rings (SSSR count). The van der Waals surface area contributed by atoms with Crippen LogP contribution >= 0.6 is 31.9 Å². The van der Waals surface area contributed by atoms with Gasteiger partial charge in [-0.2, -0.15) is 0 Å². The van der Waals surface area contributed by atoms with Crippen molar-refractivity contribution >= 4 is 31.9 Å². The maximum atomic E-state index is 5.51. The van der Waals surface area contributed by atoms with Gasteiger partial charge in [0.2, 0.25) is 0 Å². The Bertz CT molecular complexity index is 401. The Balaban J connectivity index is 2.11. The molecule has 100 valence electrons. The van der Waals surface area contributed by atoms with Crippen LogP contribution in [-0.4, -0.2) is 43.1 Å². The summed E-state index contributed by atoms with van der Waals surface area (Å²) in [6.07, 6.45) is 0. The fourth-order valence-corrected chi connectivity index (χ4v) is 3.03. The summed E-state index contributed by atoms with van der Waals surface area (Å²) in [5.41, 5.74) is 1.25. The zero-order valence-electron chi connectivity index (χ0n) is 10.4. The Kier molecular flexibility index (Phi) is 5.48. The summed E-state index contributed by atoms with van der Waals surface area (Å²) < 4.78 is 11.9. The second-order valence-electron chi connectivity index (χ2n) is 4.31. The van der Waals surface area contributed by atoms with Gasteiger partial charge in [-0.1, -0.05) is 31.9 Å². The average molecular weight is 379 g/mol. The van der Waals surface area contributed by atoms with Crippen LogP contribution in [0.25, 0.3) is 0 Å². The molecular weight excluding hydrogens is 362 g/mol. The maximum Gasteiger partial charge on any atom is 0.119 e. The lowest BCUT2D eigenvalue weighted by atomic mass is 10.1. The highest BCUT2D eigenvalue weighted by molar-refractivity contribution is 9.10. The molecule has 3 nitrogen and oxygen atoms in total. The van der Waals surface area contributed by atoms with Crippen LogP contribution in [0, 0.1) is 0 Å². The Hall–Kier alpha value is -0.100. The van der Waals surface area contributed by atoms with Crippen LogP contribution in [0.15, 0.2) is 22.7 Å². The van der Waals surface area contributed by atoms with Crippen molar-refractivity contribution in [3.63, 3.8) is 0 Å². The standard InChI is InChI=1S/C13H17Br2NO2/c1-17-12-2-3-13(15)10(6-12)8-16-4-5-18-9-11(16)7-14/h2-3,6,11H,4-5,7-9H2,1H3. The summed E-state index contributed by atoms with van der Waals surface area (Å²) in [6, 6.07) is 6.54. The van der Waals surface area contributed by atoms with Crippen LogP contribution in [0.4, 0.5) is 0 Å². The lowest BCUT2D eigenvalue weighted by Gasteiger charge is -2.34. The third kappa shape index (κ3) is 3.47. The van der Waals surface area contributed by atoms with Gasteiger partial charge in [0.25, 0.3) is 0 Å². The molecule has 18 heavy (non-hydrogen) atoms. The number of methoxy groups -OCH3 is 1. The van der Waals surface area contributed by atoms with Crippen molar-refractivity contribution in [3.05, 3.63) is 28.2 Å². The van der Waals surface area contributed by atoms with E-state index in [1.54, 1.807) is 7.11 Å². The summed E-state index contributed by atoms with van der Waals surface area (Å²) in [5.74, 6) is 0.900. The SMILES string of the molecule is COc1ccc(Br)c(CN2CCOCC2CBr)c1. The molecule has 0 bridgehead atoms. The lowest BCUT2D eigenvalue weighted by molar-refractivity contribution is -0.00223. The highest BCUT2D eigenvalue weighted by Crippen LogP contribution is 2.25. The number of hydrogen-bond donors (Lipinski definition) is 0. The Morgan fingerprint density at radius 2 is 2.33 bits per heavy atom. The van der Waals surface area contributed by atoms with E-state index in [2.05, 4.69) is 42.8 Å². The summed E-state index contributed by atoms with van der Waals surface area (Å²) >= 11 is 7.16. The molecule has 1 aliphatic rings. The third-order valence-electron chi connectivity index (χ3n) is 3.15. The molecule has 0 aliphatic carbocycles. The number of halogens is 2. The smallest absolute Gasteiger partial charge is 0.119 e. The van der Waals surface area contributed by atoms with Gasteiger partial charge < -0.3 is 9.47 Å². The second-order valence-corrected chi connectivity index (χ2v) is 5.81. The number of nitrogens with zero attached hydrogens (tertiary/aromatic N) is 1. The van der Waals surface area contributed by atoms with Gasteiger partial charge in [-0.15, -0.1) is 0 Å². The van der Waals surface area contributed by atoms with Gasteiger partial charge in [-0.25, -0.2) is 0 Å². The van der Waals surface area contributed by atoms with Gasteiger partial charge in [-0.3, -0.25) is 4.90 Å². The molecule has 0 N–H and O–H groups in total.